The predicted molar refractivity (Wildman–Crippen MR) is 57.8 cm³/mol. The second-order valence-corrected chi connectivity index (χ2v) is 4.77. The van der Waals surface area contributed by atoms with Crippen LogP contribution in [0, 0.1) is 5.92 Å². The molecule has 1 aliphatic rings. The molecule has 1 nitrogen and oxygen atoms in total. The van der Waals surface area contributed by atoms with Crippen LogP contribution in [-0.4, -0.2) is 24.6 Å². The first-order valence-corrected chi connectivity index (χ1v) is 6.46. The third kappa shape index (κ3) is 4.36. The average molecular weight is 187 g/mol. The maximum Gasteiger partial charge on any atom is 0.00669 e. The van der Waals surface area contributed by atoms with Crippen LogP contribution < -0.4 is 5.32 Å². The first-order valence-electron chi connectivity index (χ1n) is 5.07. The zero-order valence-electron chi connectivity index (χ0n) is 8.31. The summed E-state index contributed by atoms with van der Waals surface area (Å²) in [5.74, 6) is 2.32. The van der Waals surface area contributed by atoms with Gasteiger partial charge in [-0.05, 0) is 57.1 Å². The Morgan fingerprint density at radius 2 is 2.17 bits per heavy atom. The Bertz CT molecular complexity index is 112. The third-order valence-electron chi connectivity index (χ3n) is 2.57. The Kier molecular flexibility index (Phi) is 5.08. The number of rotatable bonds is 7. The molecule has 0 spiro atoms. The minimum absolute atomic E-state index is 0.777. The normalized spacial score (nSPS) is 19.5. The number of nitrogens with one attached hydrogen (secondary N) is 1. The summed E-state index contributed by atoms with van der Waals surface area (Å²) >= 11 is 1.95. The summed E-state index contributed by atoms with van der Waals surface area (Å²) in [5, 5.41) is 3.59. The highest BCUT2D eigenvalue weighted by Crippen LogP contribution is 2.32. The fraction of sp³-hybridized carbons (Fsp3) is 1.00. The number of hydrogen-bond donors (Lipinski definition) is 1. The van der Waals surface area contributed by atoms with Crippen molar-refractivity contribution in [2.45, 2.75) is 38.6 Å². The second kappa shape index (κ2) is 5.87. The van der Waals surface area contributed by atoms with Crippen LogP contribution >= 0.6 is 11.8 Å². The standard InChI is InChI=1S/C10H21NS/c1-9(10-5-6-10)11-7-3-4-8-12-2/h9-11H,3-8H2,1-2H3. The minimum atomic E-state index is 0.777. The van der Waals surface area contributed by atoms with Crippen molar-refractivity contribution in [2.24, 2.45) is 5.92 Å². The molecule has 1 aliphatic carbocycles. The van der Waals surface area contributed by atoms with Crippen LogP contribution in [0.1, 0.15) is 32.6 Å². The van der Waals surface area contributed by atoms with Crippen molar-refractivity contribution in [3.8, 4) is 0 Å². The van der Waals surface area contributed by atoms with Crippen LogP contribution in [0.3, 0.4) is 0 Å². The molecule has 0 aromatic rings. The molecular weight excluding hydrogens is 166 g/mol. The second-order valence-electron chi connectivity index (χ2n) is 3.78. The molecule has 72 valence electrons. The van der Waals surface area contributed by atoms with Gasteiger partial charge in [0.1, 0.15) is 0 Å². The summed E-state index contributed by atoms with van der Waals surface area (Å²) in [7, 11) is 0. The molecule has 0 aromatic heterocycles. The van der Waals surface area contributed by atoms with E-state index in [1.165, 1.54) is 38.0 Å². The van der Waals surface area contributed by atoms with E-state index in [2.05, 4.69) is 18.5 Å². The topological polar surface area (TPSA) is 12.0 Å². The van der Waals surface area contributed by atoms with Crippen molar-refractivity contribution < 1.29 is 0 Å². The Labute approximate surface area is 80.7 Å². The van der Waals surface area contributed by atoms with Crippen molar-refractivity contribution in [1.29, 1.82) is 0 Å². The van der Waals surface area contributed by atoms with Crippen molar-refractivity contribution in [1.82, 2.24) is 5.32 Å². The largest absolute Gasteiger partial charge is 0.314 e. The molecular formula is C10H21NS. The van der Waals surface area contributed by atoms with E-state index >= 15 is 0 Å². The lowest BCUT2D eigenvalue weighted by Crippen LogP contribution is -2.28. The fourth-order valence-electron chi connectivity index (χ4n) is 1.46. The summed E-state index contributed by atoms with van der Waals surface area (Å²) in [6, 6.07) is 0.777. The fourth-order valence-corrected chi connectivity index (χ4v) is 1.96. The lowest BCUT2D eigenvalue weighted by Gasteiger charge is -2.11. The lowest BCUT2D eigenvalue weighted by molar-refractivity contribution is 0.489. The molecule has 2 heteroatoms. The molecule has 0 radical (unpaired) electrons. The molecule has 0 amide bonds. The van der Waals surface area contributed by atoms with Gasteiger partial charge in [0.15, 0.2) is 0 Å². The van der Waals surface area contributed by atoms with Crippen LogP contribution in [0.4, 0.5) is 0 Å². The van der Waals surface area contributed by atoms with Crippen molar-refractivity contribution in [3.63, 3.8) is 0 Å². The van der Waals surface area contributed by atoms with Crippen molar-refractivity contribution >= 4 is 11.8 Å². The zero-order chi connectivity index (χ0) is 8.81. The Hall–Kier alpha value is 0.310. The molecule has 0 bridgehead atoms. The van der Waals surface area contributed by atoms with Crippen LogP contribution in [0.5, 0.6) is 0 Å². The third-order valence-corrected chi connectivity index (χ3v) is 3.27. The monoisotopic (exact) mass is 187 g/mol. The quantitative estimate of drug-likeness (QED) is 0.615. The molecule has 1 N–H and O–H groups in total. The van der Waals surface area contributed by atoms with E-state index < -0.39 is 0 Å². The molecule has 1 rings (SSSR count). The molecule has 0 heterocycles. The van der Waals surface area contributed by atoms with E-state index in [-0.39, 0.29) is 0 Å². The summed E-state index contributed by atoms with van der Waals surface area (Å²) in [6.07, 6.45) is 7.81. The van der Waals surface area contributed by atoms with Crippen molar-refractivity contribution in [2.75, 3.05) is 18.6 Å². The van der Waals surface area contributed by atoms with Crippen LogP contribution in [0.2, 0.25) is 0 Å². The SMILES string of the molecule is CSCCCCNC(C)C1CC1. The number of unbranched alkanes of at least 4 members (excludes halogenated alkanes) is 1. The van der Waals surface area contributed by atoms with Gasteiger partial charge in [0.25, 0.3) is 0 Å². The highest BCUT2D eigenvalue weighted by molar-refractivity contribution is 7.98. The highest BCUT2D eigenvalue weighted by atomic mass is 32.2. The summed E-state index contributed by atoms with van der Waals surface area (Å²) in [5.41, 5.74) is 0. The van der Waals surface area contributed by atoms with Crippen molar-refractivity contribution in [3.05, 3.63) is 0 Å². The first-order chi connectivity index (χ1) is 5.84. The molecule has 12 heavy (non-hydrogen) atoms. The van der Waals surface area contributed by atoms with Gasteiger partial charge >= 0.3 is 0 Å². The molecule has 0 aliphatic heterocycles. The molecule has 1 unspecified atom stereocenters. The average Bonchev–Trinajstić information content (AvgIpc) is 2.86. The van der Waals surface area contributed by atoms with E-state index in [4.69, 9.17) is 0 Å². The van der Waals surface area contributed by atoms with Crippen LogP contribution in [0.15, 0.2) is 0 Å². The van der Waals surface area contributed by atoms with Gasteiger partial charge in [0.2, 0.25) is 0 Å². The minimum Gasteiger partial charge on any atom is -0.314 e. The first kappa shape index (κ1) is 10.4. The van der Waals surface area contributed by atoms with Gasteiger partial charge in [-0.15, -0.1) is 0 Å². The summed E-state index contributed by atoms with van der Waals surface area (Å²) < 4.78 is 0. The van der Waals surface area contributed by atoms with Gasteiger partial charge < -0.3 is 5.32 Å². The van der Waals surface area contributed by atoms with E-state index in [9.17, 15) is 0 Å². The smallest absolute Gasteiger partial charge is 0.00669 e. The maximum absolute atomic E-state index is 3.59. The maximum atomic E-state index is 3.59. The van der Waals surface area contributed by atoms with Gasteiger partial charge in [0.05, 0.1) is 0 Å². The van der Waals surface area contributed by atoms with Gasteiger partial charge in [-0.2, -0.15) is 11.8 Å². The van der Waals surface area contributed by atoms with E-state index in [0.29, 0.717) is 0 Å². The molecule has 1 atom stereocenters. The molecule has 1 fully saturated rings. The summed E-state index contributed by atoms with van der Waals surface area (Å²) in [4.78, 5) is 0. The van der Waals surface area contributed by atoms with Gasteiger partial charge in [-0.3, -0.25) is 0 Å². The Morgan fingerprint density at radius 1 is 1.42 bits per heavy atom. The predicted octanol–water partition coefficient (Wildman–Crippen LogP) is 2.52. The Morgan fingerprint density at radius 3 is 2.75 bits per heavy atom. The van der Waals surface area contributed by atoms with Gasteiger partial charge in [-0.25, -0.2) is 0 Å². The van der Waals surface area contributed by atoms with E-state index in [0.717, 1.165) is 12.0 Å². The van der Waals surface area contributed by atoms with Crippen LogP contribution in [-0.2, 0) is 0 Å². The summed E-state index contributed by atoms with van der Waals surface area (Å²) in [6.45, 7) is 3.55. The van der Waals surface area contributed by atoms with Gasteiger partial charge in [-0.1, -0.05) is 0 Å². The number of thioether (sulfide) groups is 1. The number of hydrogen-bond acceptors (Lipinski definition) is 2. The van der Waals surface area contributed by atoms with E-state index in [1.807, 2.05) is 11.8 Å². The van der Waals surface area contributed by atoms with E-state index in [1.54, 1.807) is 0 Å². The van der Waals surface area contributed by atoms with Crippen LogP contribution in [0.25, 0.3) is 0 Å². The van der Waals surface area contributed by atoms with Gasteiger partial charge in [0, 0.05) is 6.04 Å². The molecule has 0 aromatic carbocycles. The molecule has 0 saturated heterocycles. The Balaban J connectivity index is 1.81. The zero-order valence-corrected chi connectivity index (χ0v) is 9.12. The lowest BCUT2D eigenvalue weighted by atomic mass is 10.2. The highest BCUT2D eigenvalue weighted by Gasteiger charge is 2.26. The molecule has 1 saturated carbocycles.